The van der Waals surface area contributed by atoms with Gasteiger partial charge in [-0.15, -0.1) is 6.42 Å². The van der Waals surface area contributed by atoms with E-state index in [9.17, 15) is 14.4 Å². The quantitative estimate of drug-likeness (QED) is 0.608. The lowest BCUT2D eigenvalue weighted by Gasteiger charge is -2.42. The Morgan fingerprint density at radius 2 is 1.71 bits per heavy atom. The Morgan fingerprint density at radius 3 is 2.26 bits per heavy atom. The number of hydrogen-bond acceptors (Lipinski definition) is 4. The lowest BCUT2D eigenvalue weighted by molar-refractivity contribution is -0.146. The zero-order valence-corrected chi connectivity index (χ0v) is 21.4. The fraction of sp³-hybridized carbons (Fsp3) is 0.593. The van der Waals surface area contributed by atoms with E-state index in [0.29, 0.717) is 11.1 Å². The maximum atomic E-state index is 13.7. The maximum absolute atomic E-state index is 13.7. The highest BCUT2D eigenvalue weighted by molar-refractivity contribution is 5.91. The molecule has 1 atom stereocenters. The molecule has 1 unspecified atom stereocenters. The van der Waals surface area contributed by atoms with Crippen LogP contribution in [-0.4, -0.2) is 46.5 Å². The monoisotopic (exact) mass is 469 g/mol. The lowest BCUT2D eigenvalue weighted by atomic mass is 9.91. The van der Waals surface area contributed by atoms with Crippen molar-refractivity contribution in [2.45, 2.75) is 96.9 Å². The van der Waals surface area contributed by atoms with Crippen molar-refractivity contribution in [2.75, 3.05) is 6.54 Å². The highest BCUT2D eigenvalue weighted by Gasteiger charge is 2.40. The number of rotatable bonds is 6. The molecule has 0 bridgehead atoms. The van der Waals surface area contributed by atoms with Gasteiger partial charge in [-0.05, 0) is 66.0 Å². The van der Waals surface area contributed by atoms with Crippen molar-refractivity contribution in [2.24, 2.45) is 0 Å². The maximum Gasteiger partial charge on any atom is 0.408 e. The van der Waals surface area contributed by atoms with Gasteiger partial charge in [-0.2, -0.15) is 0 Å². The number of benzene rings is 1. The number of alkyl carbamates (subject to hydrolysis) is 1. The van der Waals surface area contributed by atoms with Crippen molar-refractivity contribution in [1.82, 2.24) is 15.5 Å². The molecule has 1 fully saturated rings. The first-order chi connectivity index (χ1) is 15.8. The van der Waals surface area contributed by atoms with Crippen LogP contribution in [0.15, 0.2) is 24.3 Å². The van der Waals surface area contributed by atoms with E-state index in [1.165, 1.54) is 11.3 Å². The van der Waals surface area contributed by atoms with Crippen LogP contribution in [0.25, 0.3) is 0 Å². The van der Waals surface area contributed by atoms with Gasteiger partial charge in [0, 0.05) is 17.1 Å². The number of carbonyl (C=O) groups excluding carboxylic acids is 3. The molecule has 1 aliphatic carbocycles. The molecule has 0 saturated heterocycles. The van der Waals surface area contributed by atoms with Crippen LogP contribution in [0.3, 0.4) is 0 Å². The number of amides is 3. The Labute approximate surface area is 204 Å². The summed E-state index contributed by atoms with van der Waals surface area (Å²) < 4.78 is 5.26. The lowest BCUT2D eigenvalue weighted by Crippen LogP contribution is -2.56. The molecule has 3 amide bonds. The Morgan fingerprint density at radius 1 is 1.09 bits per heavy atom. The summed E-state index contributed by atoms with van der Waals surface area (Å²) in [6, 6.07) is 6.29. The molecule has 7 heteroatoms. The number of hydrogen-bond donors (Lipinski definition) is 2. The third-order valence-electron chi connectivity index (χ3n) is 5.64. The fourth-order valence-corrected chi connectivity index (χ4v) is 4.24. The topological polar surface area (TPSA) is 87.7 Å². The summed E-state index contributed by atoms with van der Waals surface area (Å²) in [6.45, 7) is 10.5. The van der Waals surface area contributed by atoms with E-state index in [-0.39, 0.29) is 18.5 Å². The zero-order chi connectivity index (χ0) is 25.5. The van der Waals surface area contributed by atoms with Crippen LogP contribution >= 0.6 is 0 Å². The van der Waals surface area contributed by atoms with Gasteiger partial charge < -0.3 is 20.3 Å². The van der Waals surface area contributed by atoms with Gasteiger partial charge in [0.1, 0.15) is 18.2 Å². The largest absolute Gasteiger partial charge is 0.444 e. The van der Waals surface area contributed by atoms with Crippen LogP contribution in [0.4, 0.5) is 4.79 Å². The van der Waals surface area contributed by atoms with Crippen LogP contribution in [-0.2, 0) is 14.3 Å². The van der Waals surface area contributed by atoms with Gasteiger partial charge in [0.05, 0.1) is 0 Å². The molecule has 7 nitrogen and oxygen atoms in total. The van der Waals surface area contributed by atoms with Crippen molar-refractivity contribution in [1.29, 1.82) is 0 Å². The van der Waals surface area contributed by atoms with Gasteiger partial charge >= 0.3 is 6.09 Å². The molecular weight excluding hydrogens is 430 g/mol. The van der Waals surface area contributed by atoms with E-state index in [1.54, 1.807) is 39.0 Å². The highest BCUT2D eigenvalue weighted by Crippen LogP contribution is 2.31. The van der Waals surface area contributed by atoms with Gasteiger partial charge in [-0.25, -0.2) is 4.79 Å². The van der Waals surface area contributed by atoms with Crippen molar-refractivity contribution in [3.63, 3.8) is 0 Å². The second-order valence-electron chi connectivity index (χ2n) is 10.8. The van der Waals surface area contributed by atoms with E-state index < -0.39 is 29.2 Å². The van der Waals surface area contributed by atoms with Crippen LogP contribution in [0.5, 0.6) is 0 Å². The molecule has 0 spiro atoms. The van der Waals surface area contributed by atoms with E-state index >= 15 is 0 Å². The SMILES string of the molecule is C#Cc1ccccc1C(C(=O)NC1CCCCC1)N(C(=O)CNC(=O)OC(C)(C)C)C(C)(C)C. The van der Waals surface area contributed by atoms with Crippen molar-refractivity contribution in [3.05, 3.63) is 35.4 Å². The highest BCUT2D eigenvalue weighted by atomic mass is 16.6. The van der Waals surface area contributed by atoms with Crippen molar-refractivity contribution in [3.8, 4) is 12.3 Å². The van der Waals surface area contributed by atoms with Crippen LogP contribution in [0, 0.1) is 12.3 Å². The van der Waals surface area contributed by atoms with E-state index in [4.69, 9.17) is 11.2 Å². The van der Waals surface area contributed by atoms with Crippen LogP contribution < -0.4 is 10.6 Å². The summed E-state index contributed by atoms with van der Waals surface area (Å²) in [5.41, 5.74) is -0.291. The third-order valence-corrected chi connectivity index (χ3v) is 5.64. The summed E-state index contributed by atoms with van der Waals surface area (Å²) in [4.78, 5) is 40.9. The molecule has 0 aliphatic heterocycles. The molecule has 1 aromatic carbocycles. The summed E-state index contributed by atoms with van der Waals surface area (Å²) in [5.74, 6) is 1.97. The first-order valence-electron chi connectivity index (χ1n) is 12.0. The molecule has 1 aromatic rings. The van der Waals surface area contributed by atoms with E-state index in [1.807, 2.05) is 26.8 Å². The number of terminal acetylenes is 1. The Balaban J connectivity index is 2.39. The molecule has 0 heterocycles. The minimum atomic E-state index is -0.942. The second-order valence-corrected chi connectivity index (χ2v) is 10.8. The first kappa shape index (κ1) is 27.2. The summed E-state index contributed by atoms with van der Waals surface area (Å²) >= 11 is 0. The summed E-state index contributed by atoms with van der Waals surface area (Å²) in [7, 11) is 0. The molecule has 2 rings (SSSR count). The average molecular weight is 470 g/mol. The smallest absolute Gasteiger partial charge is 0.408 e. The fourth-order valence-electron chi connectivity index (χ4n) is 4.24. The van der Waals surface area contributed by atoms with Gasteiger partial charge in [-0.1, -0.05) is 43.4 Å². The molecule has 186 valence electrons. The summed E-state index contributed by atoms with van der Waals surface area (Å²) in [6.07, 6.45) is 10.2. The predicted octanol–water partition coefficient (Wildman–Crippen LogP) is 4.31. The zero-order valence-electron chi connectivity index (χ0n) is 21.4. The average Bonchev–Trinajstić information content (AvgIpc) is 2.74. The first-order valence-corrected chi connectivity index (χ1v) is 12.0. The summed E-state index contributed by atoms with van der Waals surface area (Å²) in [5, 5.41) is 5.68. The van der Waals surface area contributed by atoms with Gasteiger partial charge in [0.15, 0.2) is 0 Å². The number of carbonyl (C=O) groups is 3. The normalized spacial score (nSPS) is 15.6. The minimum absolute atomic E-state index is 0.0681. The number of nitrogens with zero attached hydrogens (tertiary/aromatic N) is 1. The second kappa shape index (κ2) is 11.4. The third kappa shape index (κ3) is 7.79. The number of nitrogens with one attached hydrogen (secondary N) is 2. The molecule has 0 aromatic heterocycles. The van der Waals surface area contributed by atoms with Gasteiger partial charge in [0.25, 0.3) is 0 Å². The van der Waals surface area contributed by atoms with E-state index in [0.717, 1.165) is 25.7 Å². The molecular formula is C27H39N3O4. The standard InChI is InChI=1S/C27H39N3O4/c1-8-19-14-12-13-17-21(19)23(24(32)29-20-15-10-9-11-16-20)30(26(2,3)4)22(31)18-28-25(33)34-27(5,6)7/h1,12-14,17,20,23H,9-11,15-16,18H2,2-7H3,(H,28,33)(H,29,32). The molecule has 2 N–H and O–H groups in total. The van der Waals surface area contributed by atoms with Crippen LogP contribution in [0.2, 0.25) is 0 Å². The van der Waals surface area contributed by atoms with Crippen molar-refractivity contribution >= 4 is 17.9 Å². The molecule has 0 radical (unpaired) electrons. The van der Waals surface area contributed by atoms with E-state index in [2.05, 4.69) is 16.6 Å². The molecule has 1 aliphatic rings. The Bertz CT molecular complexity index is 915. The minimum Gasteiger partial charge on any atom is -0.444 e. The molecule has 1 saturated carbocycles. The van der Waals surface area contributed by atoms with Crippen LogP contribution in [0.1, 0.15) is 90.8 Å². The van der Waals surface area contributed by atoms with Gasteiger partial charge in [-0.3, -0.25) is 9.59 Å². The Hall–Kier alpha value is -3.01. The van der Waals surface area contributed by atoms with Gasteiger partial charge in [0.2, 0.25) is 11.8 Å². The molecule has 34 heavy (non-hydrogen) atoms. The Kier molecular flexibility index (Phi) is 9.14. The number of ether oxygens (including phenoxy) is 1. The van der Waals surface area contributed by atoms with Crippen molar-refractivity contribution < 1.29 is 19.1 Å². The predicted molar refractivity (Wildman–Crippen MR) is 133 cm³/mol.